The lowest BCUT2D eigenvalue weighted by Crippen LogP contribution is -2.51. The van der Waals surface area contributed by atoms with E-state index in [1.54, 1.807) is 4.90 Å². The number of amides is 2. The fourth-order valence-electron chi connectivity index (χ4n) is 4.86. The van der Waals surface area contributed by atoms with Crippen molar-refractivity contribution in [2.45, 2.75) is 76.9 Å². The number of hydrogen-bond donors (Lipinski definition) is 1. The van der Waals surface area contributed by atoms with Gasteiger partial charge in [-0.15, -0.1) is 0 Å². The van der Waals surface area contributed by atoms with E-state index in [2.05, 4.69) is 5.32 Å². The minimum absolute atomic E-state index is 0.0699. The quantitative estimate of drug-likeness (QED) is 0.433. The van der Waals surface area contributed by atoms with Gasteiger partial charge in [0.05, 0.1) is 11.9 Å². The smallest absolute Gasteiger partial charge is 0.243 e. The van der Waals surface area contributed by atoms with E-state index in [9.17, 15) is 22.4 Å². The Morgan fingerprint density at radius 2 is 1.68 bits per heavy atom. The van der Waals surface area contributed by atoms with Crippen molar-refractivity contribution in [2.75, 3.05) is 17.1 Å². The number of nitrogens with one attached hydrogen (secondary N) is 1. The van der Waals surface area contributed by atoms with Crippen molar-refractivity contribution >= 4 is 27.5 Å². The van der Waals surface area contributed by atoms with Gasteiger partial charge in [-0.1, -0.05) is 56.5 Å². The van der Waals surface area contributed by atoms with E-state index in [1.165, 1.54) is 35.0 Å². The van der Waals surface area contributed by atoms with Gasteiger partial charge in [-0.2, -0.15) is 0 Å². The summed E-state index contributed by atoms with van der Waals surface area (Å²) in [5.74, 6) is -0.800. The van der Waals surface area contributed by atoms with Crippen molar-refractivity contribution in [3.05, 3.63) is 66.0 Å². The van der Waals surface area contributed by atoms with Gasteiger partial charge < -0.3 is 10.2 Å². The van der Waals surface area contributed by atoms with Gasteiger partial charge in [0.2, 0.25) is 21.8 Å². The molecule has 0 spiro atoms. The van der Waals surface area contributed by atoms with Gasteiger partial charge in [-0.05, 0) is 55.5 Å². The van der Waals surface area contributed by atoms with Crippen molar-refractivity contribution < 1.29 is 22.4 Å². The molecular formula is C28H38FN3O4S. The second-order valence-electron chi connectivity index (χ2n) is 9.69. The molecule has 202 valence electrons. The van der Waals surface area contributed by atoms with E-state index in [4.69, 9.17) is 0 Å². The molecule has 7 nitrogen and oxygen atoms in total. The number of hydrogen-bond acceptors (Lipinski definition) is 4. The van der Waals surface area contributed by atoms with E-state index < -0.39 is 21.9 Å². The van der Waals surface area contributed by atoms with Gasteiger partial charge >= 0.3 is 0 Å². The molecule has 37 heavy (non-hydrogen) atoms. The summed E-state index contributed by atoms with van der Waals surface area (Å²) in [5.41, 5.74) is 1.26. The highest BCUT2D eigenvalue weighted by Crippen LogP contribution is 2.21. The lowest BCUT2D eigenvalue weighted by molar-refractivity contribution is -0.141. The average molecular weight is 532 g/mol. The molecule has 1 aliphatic rings. The summed E-state index contributed by atoms with van der Waals surface area (Å²) in [6.07, 6.45) is 7.19. The minimum atomic E-state index is -3.63. The van der Waals surface area contributed by atoms with Crippen LogP contribution in [0.5, 0.6) is 0 Å². The molecule has 2 aromatic rings. The number of halogens is 1. The third-order valence-corrected chi connectivity index (χ3v) is 7.99. The van der Waals surface area contributed by atoms with Gasteiger partial charge in [0, 0.05) is 25.6 Å². The molecule has 0 aliphatic heterocycles. The molecular weight excluding hydrogens is 493 g/mol. The Kier molecular flexibility index (Phi) is 10.5. The Labute approximate surface area is 220 Å². The fraction of sp³-hybridized carbons (Fsp3) is 0.500. The number of anilines is 1. The highest BCUT2D eigenvalue weighted by atomic mass is 32.2. The Bertz CT molecular complexity index is 1120. The zero-order valence-electron chi connectivity index (χ0n) is 21.7. The Hall–Kier alpha value is -2.94. The van der Waals surface area contributed by atoms with Crippen LogP contribution in [0.15, 0.2) is 54.6 Å². The van der Waals surface area contributed by atoms with Crippen LogP contribution < -0.4 is 9.62 Å². The van der Waals surface area contributed by atoms with Crippen LogP contribution in [0.3, 0.4) is 0 Å². The Morgan fingerprint density at radius 1 is 1.03 bits per heavy atom. The molecule has 1 N–H and O–H groups in total. The van der Waals surface area contributed by atoms with Crippen molar-refractivity contribution in [1.82, 2.24) is 10.2 Å². The van der Waals surface area contributed by atoms with Crippen LogP contribution in [-0.4, -0.2) is 50.0 Å². The average Bonchev–Trinajstić information content (AvgIpc) is 2.87. The number of carbonyl (C=O) groups is 2. The van der Waals surface area contributed by atoms with Crippen molar-refractivity contribution in [1.29, 1.82) is 0 Å². The first kappa shape index (κ1) is 28.6. The van der Waals surface area contributed by atoms with Crippen molar-refractivity contribution in [2.24, 2.45) is 0 Å². The minimum Gasteiger partial charge on any atom is -0.352 e. The zero-order valence-corrected chi connectivity index (χ0v) is 22.6. The van der Waals surface area contributed by atoms with Crippen LogP contribution in [0.25, 0.3) is 0 Å². The largest absolute Gasteiger partial charge is 0.352 e. The lowest BCUT2D eigenvalue weighted by Gasteiger charge is -2.33. The monoisotopic (exact) mass is 531 g/mol. The van der Waals surface area contributed by atoms with E-state index in [-0.39, 0.29) is 37.2 Å². The first-order valence-electron chi connectivity index (χ1n) is 13.1. The number of rotatable bonds is 12. The van der Waals surface area contributed by atoms with Gasteiger partial charge in [0.1, 0.15) is 11.9 Å². The predicted octanol–water partition coefficient (Wildman–Crippen LogP) is 4.63. The molecule has 1 fully saturated rings. The topological polar surface area (TPSA) is 86.8 Å². The zero-order chi connectivity index (χ0) is 26.8. The molecule has 1 atom stereocenters. The van der Waals surface area contributed by atoms with Gasteiger partial charge in [-0.25, -0.2) is 12.8 Å². The number of benzene rings is 2. The summed E-state index contributed by atoms with van der Waals surface area (Å²) in [4.78, 5) is 28.4. The summed E-state index contributed by atoms with van der Waals surface area (Å²) in [6.45, 7) is 2.26. The lowest BCUT2D eigenvalue weighted by atomic mass is 9.95. The fourth-order valence-corrected chi connectivity index (χ4v) is 5.82. The van der Waals surface area contributed by atoms with E-state index in [0.717, 1.165) is 37.5 Å². The van der Waals surface area contributed by atoms with Crippen LogP contribution in [-0.2, 0) is 26.2 Å². The molecule has 0 aromatic heterocycles. The van der Waals surface area contributed by atoms with Crippen LogP contribution >= 0.6 is 0 Å². The molecule has 0 heterocycles. The number of carbonyl (C=O) groups excluding carboxylic acids is 2. The van der Waals surface area contributed by atoms with Gasteiger partial charge in [-0.3, -0.25) is 13.9 Å². The summed E-state index contributed by atoms with van der Waals surface area (Å²) in [6, 6.07) is 14.3. The molecule has 1 saturated carbocycles. The number of sulfonamides is 1. The van der Waals surface area contributed by atoms with E-state index >= 15 is 0 Å². The highest BCUT2D eigenvalue weighted by Gasteiger charge is 2.30. The Balaban J connectivity index is 1.72. The molecule has 1 aliphatic carbocycles. The normalized spacial score (nSPS) is 15.1. The summed E-state index contributed by atoms with van der Waals surface area (Å²) in [5, 5.41) is 3.16. The van der Waals surface area contributed by atoms with Crippen LogP contribution in [0.2, 0.25) is 0 Å². The second-order valence-corrected chi connectivity index (χ2v) is 11.6. The van der Waals surface area contributed by atoms with Crippen LogP contribution in [0.4, 0.5) is 10.1 Å². The maximum Gasteiger partial charge on any atom is 0.243 e. The van der Waals surface area contributed by atoms with E-state index in [0.29, 0.717) is 18.7 Å². The maximum absolute atomic E-state index is 13.5. The first-order valence-corrected chi connectivity index (χ1v) is 14.9. The predicted molar refractivity (Wildman–Crippen MR) is 144 cm³/mol. The summed E-state index contributed by atoms with van der Waals surface area (Å²) >= 11 is 0. The second kappa shape index (κ2) is 13.6. The van der Waals surface area contributed by atoms with Gasteiger partial charge in [0.25, 0.3) is 0 Å². The van der Waals surface area contributed by atoms with Crippen molar-refractivity contribution in [3.8, 4) is 0 Å². The summed E-state index contributed by atoms with van der Waals surface area (Å²) < 4.78 is 39.3. The van der Waals surface area contributed by atoms with Crippen LogP contribution in [0, 0.1) is 5.82 Å². The molecule has 2 aromatic carbocycles. The Morgan fingerprint density at radius 3 is 2.27 bits per heavy atom. The molecule has 9 heteroatoms. The molecule has 0 radical (unpaired) electrons. The third kappa shape index (κ3) is 8.55. The molecule has 3 rings (SSSR count). The molecule has 0 bridgehead atoms. The highest BCUT2D eigenvalue weighted by molar-refractivity contribution is 7.92. The maximum atomic E-state index is 13.5. The standard InChI is InChI=1S/C28H38FN3O4S/c1-3-26(28(34)30-24-13-8-5-9-14-24)31(21-22-11-6-4-7-12-22)27(33)15-10-20-32(37(2,35)36)25-18-16-23(29)17-19-25/h4,6-7,11-12,16-19,24,26H,3,5,8-10,13-15,20-21H2,1-2H3,(H,30,34)/t26-/m0/s1. The van der Waals surface area contributed by atoms with Gasteiger partial charge in [0.15, 0.2) is 0 Å². The molecule has 2 amide bonds. The SMILES string of the molecule is CC[C@@H](C(=O)NC1CCCCC1)N(Cc1ccccc1)C(=O)CCCN(c1ccc(F)cc1)S(C)(=O)=O. The molecule has 0 saturated heterocycles. The van der Waals surface area contributed by atoms with Crippen LogP contribution in [0.1, 0.15) is 63.9 Å². The third-order valence-electron chi connectivity index (χ3n) is 6.80. The first-order chi connectivity index (χ1) is 17.7. The van der Waals surface area contributed by atoms with E-state index in [1.807, 2.05) is 37.3 Å². The summed E-state index contributed by atoms with van der Waals surface area (Å²) in [7, 11) is -3.63. The van der Waals surface area contributed by atoms with Crippen molar-refractivity contribution in [3.63, 3.8) is 0 Å². The molecule has 0 unspecified atom stereocenters. The number of nitrogens with zero attached hydrogens (tertiary/aromatic N) is 2.